The molecule has 0 aliphatic heterocycles. The summed E-state index contributed by atoms with van der Waals surface area (Å²) in [5.41, 5.74) is 0. The van der Waals surface area contributed by atoms with Gasteiger partial charge in [-0.3, -0.25) is 4.79 Å². The first-order valence-corrected chi connectivity index (χ1v) is 10.0. The quantitative estimate of drug-likeness (QED) is 0.536. The van der Waals surface area contributed by atoms with Crippen LogP contribution >= 0.6 is 0 Å². The number of fused-ring (bicyclic) bond motifs is 2. The normalized spacial score (nSPS) is 14.5. The van der Waals surface area contributed by atoms with Crippen LogP contribution in [0.25, 0.3) is 21.5 Å². The lowest BCUT2D eigenvalue weighted by Gasteiger charge is -2.23. The van der Waals surface area contributed by atoms with Crippen LogP contribution in [-0.2, 0) is 9.53 Å². The van der Waals surface area contributed by atoms with Gasteiger partial charge in [0, 0.05) is 24.3 Å². The molecule has 1 unspecified atom stereocenters. The van der Waals surface area contributed by atoms with Gasteiger partial charge in [0.1, 0.15) is 5.75 Å². The van der Waals surface area contributed by atoms with Crippen LogP contribution in [0, 0.1) is 0 Å². The molecule has 29 heavy (non-hydrogen) atoms. The van der Waals surface area contributed by atoms with Crippen molar-refractivity contribution in [2.75, 3.05) is 13.7 Å². The molecule has 0 aliphatic carbocycles. The number of amides is 1. The Morgan fingerprint density at radius 2 is 1.62 bits per heavy atom. The lowest BCUT2D eigenvalue weighted by atomic mass is 10.0. The number of methoxy groups -OCH3 is 1. The molecule has 1 amide bonds. The van der Waals surface area contributed by atoms with E-state index in [2.05, 4.69) is 35.6 Å². The molecule has 0 spiro atoms. The number of hydrogen-bond acceptors (Lipinski definition) is 4. The number of nitrogens with one attached hydrogen (secondary N) is 1. The van der Waals surface area contributed by atoms with E-state index < -0.39 is 6.04 Å². The maximum atomic E-state index is 12.3. The van der Waals surface area contributed by atoms with Crippen molar-refractivity contribution in [2.24, 2.45) is 0 Å². The maximum absolute atomic E-state index is 12.3. The number of carbonyl (C=O) groups is 1. The molecule has 5 heteroatoms. The third-order valence-electron chi connectivity index (χ3n) is 5.30. The van der Waals surface area contributed by atoms with Crippen LogP contribution in [0.4, 0.5) is 0 Å². The Labute approximate surface area is 171 Å². The summed E-state index contributed by atoms with van der Waals surface area (Å²) in [6, 6.07) is 18.1. The lowest BCUT2D eigenvalue weighted by Crippen LogP contribution is -2.45. The molecular weight excluding hydrogens is 366 g/mol. The van der Waals surface area contributed by atoms with Gasteiger partial charge in [0.15, 0.2) is 0 Å². The van der Waals surface area contributed by atoms with Crippen molar-refractivity contribution in [3.05, 3.63) is 54.6 Å². The van der Waals surface area contributed by atoms with Crippen LogP contribution in [0.2, 0.25) is 0 Å². The summed E-state index contributed by atoms with van der Waals surface area (Å²) in [5, 5.41) is 16.6. The van der Waals surface area contributed by atoms with E-state index >= 15 is 0 Å². The van der Waals surface area contributed by atoms with Crippen LogP contribution in [-0.4, -0.2) is 43.0 Å². The standard InChI is InChI=1S/C24H29NO4/c1-16(12-13-23(27)25-22(15-26)17(2)28-3)29-24-20-10-6-4-8-18(20)14-19-9-5-7-11-21(19)24/h4-11,14,16-17,22,26H,12-13,15H2,1-3H3,(H,25,27)/t16?,17-,22-/m1/s1. The number of hydrogen-bond donors (Lipinski definition) is 2. The van der Waals surface area contributed by atoms with Gasteiger partial charge in [-0.2, -0.15) is 0 Å². The van der Waals surface area contributed by atoms with Gasteiger partial charge in [-0.1, -0.05) is 48.5 Å². The van der Waals surface area contributed by atoms with Gasteiger partial charge in [0.25, 0.3) is 0 Å². The minimum Gasteiger partial charge on any atom is -0.489 e. The zero-order chi connectivity index (χ0) is 20.8. The van der Waals surface area contributed by atoms with Gasteiger partial charge in [0.05, 0.1) is 24.9 Å². The van der Waals surface area contributed by atoms with E-state index in [-0.39, 0.29) is 24.7 Å². The second kappa shape index (κ2) is 9.72. The van der Waals surface area contributed by atoms with Gasteiger partial charge < -0.3 is 19.9 Å². The molecular formula is C24H29NO4. The van der Waals surface area contributed by atoms with E-state index in [4.69, 9.17) is 9.47 Å². The molecule has 3 rings (SSSR count). The lowest BCUT2D eigenvalue weighted by molar-refractivity contribution is -0.123. The van der Waals surface area contributed by atoms with E-state index in [9.17, 15) is 9.90 Å². The molecule has 0 bridgehead atoms. The van der Waals surface area contributed by atoms with E-state index in [0.717, 1.165) is 27.3 Å². The molecule has 5 nitrogen and oxygen atoms in total. The topological polar surface area (TPSA) is 67.8 Å². The molecule has 2 N–H and O–H groups in total. The smallest absolute Gasteiger partial charge is 0.220 e. The molecule has 3 aromatic carbocycles. The van der Waals surface area contributed by atoms with Gasteiger partial charge in [0.2, 0.25) is 5.91 Å². The summed E-state index contributed by atoms with van der Waals surface area (Å²) in [7, 11) is 1.56. The third-order valence-corrected chi connectivity index (χ3v) is 5.30. The van der Waals surface area contributed by atoms with Crippen molar-refractivity contribution in [1.82, 2.24) is 5.32 Å². The molecule has 0 saturated heterocycles. The summed E-state index contributed by atoms with van der Waals surface area (Å²) in [6.07, 6.45) is 0.502. The fraction of sp³-hybridized carbons (Fsp3) is 0.375. The number of rotatable bonds is 9. The Kier molecular flexibility index (Phi) is 7.07. The zero-order valence-corrected chi connectivity index (χ0v) is 17.2. The average Bonchev–Trinajstić information content (AvgIpc) is 2.75. The summed E-state index contributed by atoms with van der Waals surface area (Å²) < 4.78 is 11.5. The van der Waals surface area contributed by atoms with Crippen molar-refractivity contribution in [3.8, 4) is 5.75 Å². The third kappa shape index (κ3) is 5.05. The highest BCUT2D eigenvalue weighted by Crippen LogP contribution is 2.35. The average molecular weight is 395 g/mol. The Balaban J connectivity index is 1.71. The first-order chi connectivity index (χ1) is 14.0. The maximum Gasteiger partial charge on any atom is 0.220 e. The highest BCUT2D eigenvalue weighted by atomic mass is 16.5. The Morgan fingerprint density at radius 1 is 1.03 bits per heavy atom. The van der Waals surface area contributed by atoms with Gasteiger partial charge in [-0.05, 0) is 37.1 Å². The molecule has 0 aromatic heterocycles. The molecule has 0 fully saturated rings. The molecule has 0 aliphatic rings. The minimum absolute atomic E-state index is 0.119. The monoisotopic (exact) mass is 395 g/mol. The van der Waals surface area contributed by atoms with Crippen molar-refractivity contribution < 1.29 is 19.4 Å². The first kappa shape index (κ1) is 21.1. The number of aliphatic hydroxyl groups excluding tert-OH is 1. The van der Waals surface area contributed by atoms with Crippen molar-refractivity contribution in [2.45, 2.75) is 44.9 Å². The van der Waals surface area contributed by atoms with Crippen LogP contribution < -0.4 is 10.1 Å². The van der Waals surface area contributed by atoms with E-state index in [0.29, 0.717) is 12.8 Å². The minimum atomic E-state index is -0.411. The SMILES string of the molecule is CO[C@H](C)[C@@H](CO)NC(=O)CCC(C)Oc1c2ccccc2cc2ccccc12. The molecule has 0 heterocycles. The van der Waals surface area contributed by atoms with Crippen LogP contribution in [0.5, 0.6) is 5.75 Å². The number of carbonyl (C=O) groups excluding carboxylic acids is 1. The van der Waals surface area contributed by atoms with E-state index in [1.807, 2.05) is 38.1 Å². The van der Waals surface area contributed by atoms with Crippen molar-refractivity contribution >= 4 is 27.5 Å². The van der Waals surface area contributed by atoms with Crippen molar-refractivity contribution in [1.29, 1.82) is 0 Å². The van der Waals surface area contributed by atoms with Crippen LogP contribution in [0.3, 0.4) is 0 Å². The number of aliphatic hydroxyl groups is 1. The molecule has 3 atom stereocenters. The van der Waals surface area contributed by atoms with Gasteiger partial charge >= 0.3 is 0 Å². The largest absolute Gasteiger partial charge is 0.489 e. The molecule has 0 saturated carbocycles. The first-order valence-electron chi connectivity index (χ1n) is 10.0. The fourth-order valence-electron chi connectivity index (χ4n) is 3.45. The second-order valence-electron chi connectivity index (χ2n) is 7.41. The zero-order valence-electron chi connectivity index (χ0n) is 17.2. The summed E-state index contributed by atoms with van der Waals surface area (Å²) >= 11 is 0. The highest BCUT2D eigenvalue weighted by Gasteiger charge is 2.19. The van der Waals surface area contributed by atoms with E-state index in [1.165, 1.54) is 0 Å². The molecule has 0 radical (unpaired) electrons. The fourth-order valence-corrected chi connectivity index (χ4v) is 3.45. The summed E-state index contributed by atoms with van der Waals surface area (Å²) in [4.78, 5) is 12.3. The highest BCUT2D eigenvalue weighted by molar-refractivity contribution is 6.05. The van der Waals surface area contributed by atoms with Gasteiger partial charge in [-0.25, -0.2) is 0 Å². The predicted octanol–water partition coefficient (Wildman–Crippen LogP) is 4.05. The Hall–Kier alpha value is -2.63. The summed E-state index contributed by atoms with van der Waals surface area (Å²) in [5.74, 6) is 0.735. The number of ether oxygens (including phenoxy) is 2. The number of benzene rings is 3. The Morgan fingerprint density at radius 3 is 2.17 bits per heavy atom. The van der Waals surface area contributed by atoms with E-state index in [1.54, 1.807) is 7.11 Å². The van der Waals surface area contributed by atoms with Gasteiger partial charge in [-0.15, -0.1) is 0 Å². The van der Waals surface area contributed by atoms with Crippen LogP contribution in [0.15, 0.2) is 54.6 Å². The summed E-state index contributed by atoms with van der Waals surface area (Å²) in [6.45, 7) is 3.64. The second-order valence-corrected chi connectivity index (χ2v) is 7.41. The molecule has 3 aromatic rings. The predicted molar refractivity (Wildman–Crippen MR) is 116 cm³/mol. The Bertz CT molecular complexity index is 917. The molecule has 154 valence electrons. The van der Waals surface area contributed by atoms with Crippen LogP contribution in [0.1, 0.15) is 26.7 Å². The van der Waals surface area contributed by atoms with Crippen molar-refractivity contribution in [3.63, 3.8) is 0 Å².